The minimum atomic E-state index is -4.39. The summed E-state index contributed by atoms with van der Waals surface area (Å²) in [7, 11) is 0. The number of para-hydroxylation sites is 1. The van der Waals surface area contributed by atoms with Gasteiger partial charge in [-0.2, -0.15) is 13.2 Å². The summed E-state index contributed by atoms with van der Waals surface area (Å²) < 4.78 is 44.2. The number of carbonyl (C=O) groups excluding carboxylic acids is 1. The number of nitrogens with one attached hydrogen (secondary N) is 1. The van der Waals surface area contributed by atoms with Gasteiger partial charge >= 0.3 is 12.3 Å². The first kappa shape index (κ1) is 18.4. The summed E-state index contributed by atoms with van der Waals surface area (Å²) in [5, 5.41) is 2.87. The van der Waals surface area contributed by atoms with Gasteiger partial charge in [0.25, 0.3) is 0 Å². The lowest BCUT2D eigenvalue weighted by Gasteiger charge is -2.24. The van der Waals surface area contributed by atoms with Crippen molar-refractivity contribution in [1.82, 2.24) is 4.90 Å². The predicted molar refractivity (Wildman–Crippen MR) is 85.8 cm³/mol. The number of ether oxygens (including phenoxy) is 1. The summed E-state index contributed by atoms with van der Waals surface area (Å²) in [5.74, 6) is 0.0961. The highest BCUT2D eigenvalue weighted by Crippen LogP contribution is 2.34. The summed E-state index contributed by atoms with van der Waals surface area (Å²) in [5.41, 5.74) is -1.16. The largest absolute Gasteiger partial charge is 0.444 e. The van der Waals surface area contributed by atoms with E-state index in [2.05, 4.69) is 5.32 Å². The molecule has 1 aliphatic heterocycles. The molecule has 7 heteroatoms. The number of halogens is 3. The van der Waals surface area contributed by atoms with E-state index < -0.39 is 17.3 Å². The van der Waals surface area contributed by atoms with Gasteiger partial charge in [0.05, 0.1) is 5.56 Å². The molecular weight excluding hydrogens is 321 g/mol. The van der Waals surface area contributed by atoms with Crippen molar-refractivity contribution >= 4 is 11.8 Å². The average molecular weight is 344 g/mol. The van der Waals surface area contributed by atoms with Crippen LogP contribution in [0.5, 0.6) is 0 Å². The fourth-order valence-electron chi connectivity index (χ4n) is 2.63. The summed E-state index contributed by atoms with van der Waals surface area (Å²) in [6, 6.07) is 5.42. The Morgan fingerprint density at radius 2 is 1.96 bits per heavy atom. The number of benzene rings is 1. The number of anilines is 1. The van der Waals surface area contributed by atoms with Crippen molar-refractivity contribution in [3.63, 3.8) is 0 Å². The third-order valence-corrected chi connectivity index (χ3v) is 3.75. The van der Waals surface area contributed by atoms with E-state index in [9.17, 15) is 18.0 Å². The van der Waals surface area contributed by atoms with Gasteiger partial charge in [-0.25, -0.2) is 4.79 Å². The Morgan fingerprint density at radius 3 is 2.58 bits per heavy atom. The van der Waals surface area contributed by atoms with Crippen LogP contribution in [-0.4, -0.2) is 36.2 Å². The Kier molecular flexibility index (Phi) is 5.30. The lowest BCUT2D eigenvalue weighted by atomic mass is 10.1. The number of hydrogen-bond acceptors (Lipinski definition) is 3. The molecule has 2 rings (SSSR count). The van der Waals surface area contributed by atoms with Gasteiger partial charge in [0, 0.05) is 25.3 Å². The Hall–Kier alpha value is -1.92. The minimum absolute atomic E-state index is 0.0701. The van der Waals surface area contributed by atoms with Crippen LogP contribution in [0.2, 0.25) is 0 Å². The number of likely N-dealkylation sites (tertiary alicyclic amines) is 1. The molecule has 1 aliphatic rings. The number of alkyl halides is 3. The third kappa shape index (κ3) is 5.04. The maximum absolute atomic E-state index is 13.0. The maximum atomic E-state index is 13.0. The Labute approximate surface area is 140 Å². The SMILES string of the molecule is CC(C)(C)OC(=O)N1CCC(CNc2ccccc2C(F)(F)F)C1. The highest BCUT2D eigenvalue weighted by Gasteiger charge is 2.34. The molecule has 4 nitrogen and oxygen atoms in total. The molecule has 1 amide bonds. The van der Waals surface area contributed by atoms with E-state index >= 15 is 0 Å². The molecule has 1 aromatic carbocycles. The second-order valence-electron chi connectivity index (χ2n) is 7.01. The van der Waals surface area contributed by atoms with Crippen LogP contribution in [0.15, 0.2) is 24.3 Å². The van der Waals surface area contributed by atoms with Crippen LogP contribution in [0.3, 0.4) is 0 Å². The quantitative estimate of drug-likeness (QED) is 0.885. The van der Waals surface area contributed by atoms with Crippen molar-refractivity contribution in [2.75, 3.05) is 25.0 Å². The van der Waals surface area contributed by atoms with Crippen LogP contribution < -0.4 is 5.32 Å². The van der Waals surface area contributed by atoms with Crippen molar-refractivity contribution in [3.8, 4) is 0 Å². The first-order chi connectivity index (χ1) is 11.1. The van der Waals surface area contributed by atoms with Gasteiger partial charge < -0.3 is 15.0 Å². The van der Waals surface area contributed by atoms with Gasteiger partial charge in [0.1, 0.15) is 5.60 Å². The zero-order valence-corrected chi connectivity index (χ0v) is 14.1. The van der Waals surface area contributed by atoms with E-state index in [0.717, 1.165) is 12.5 Å². The summed E-state index contributed by atoms with van der Waals surface area (Å²) in [6.45, 7) is 6.82. The lowest BCUT2D eigenvalue weighted by molar-refractivity contribution is -0.137. The molecule has 1 saturated heterocycles. The Bertz CT molecular complexity index is 582. The molecule has 1 N–H and O–H groups in total. The van der Waals surface area contributed by atoms with Crippen LogP contribution in [0.25, 0.3) is 0 Å². The number of hydrogen-bond donors (Lipinski definition) is 1. The third-order valence-electron chi connectivity index (χ3n) is 3.75. The molecule has 0 radical (unpaired) electrons. The smallest absolute Gasteiger partial charge is 0.418 e. The monoisotopic (exact) mass is 344 g/mol. The highest BCUT2D eigenvalue weighted by atomic mass is 19.4. The zero-order chi connectivity index (χ0) is 18.0. The highest BCUT2D eigenvalue weighted by molar-refractivity contribution is 5.68. The van der Waals surface area contributed by atoms with Gasteiger partial charge in [0.2, 0.25) is 0 Å². The van der Waals surface area contributed by atoms with Gasteiger partial charge in [-0.1, -0.05) is 12.1 Å². The summed E-state index contributed by atoms with van der Waals surface area (Å²) in [4.78, 5) is 13.6. The van der Waals surface area contributed by atoms with E-state index in [1.54, 1.807) is 31.7 Å². The standard InChI is InChI=1S/C17H23F3N2O2/c1-16(2,3)24-15(23)22-9-8-12(11-22)10-21-14-7-5-4-6-13(14)17(18,19)20/h4-7,12,21H,8-11H2,1-3H3. The normalized spacial score (nSPS) is 18.6. The van der Waals surface area contributed by atoms with E-state index in [1.807, 2.05) is 0 Å². The molecule has 1 atom stereocenters. The van der Waals surface area contributed by atoms with Crippen LogP contribution >= 0.6 is 0 Å². The number of amides is 1. The van der Waals surface area contributed by atoms with E-state index in [-0.39, 0.29) is 17.7 Å². The Balaban J connectivity index is 1.90. The van der Waals surface area contributed by atoms with Gasteiger partial charge in [-0.15, -0.1) is 0 Å². The van der Waals surface area contributed by atoms with Crippen molar-refractivity contribution in [2.24, 2.45) is 5.92 Å². The van der Waals surface area contributed by atoms with Crippen molar-refractivity contribution in [2.45, 2.75) is 39.0 Å². The van der Waals surface area contributed by atoms with Crippen molar-refractivity contribution in [3.05, 3.63) is 29.8 Å². The molecule has 0 bridgehead atoms. The molecule has 0 aliphatic carbocycles. The van der Waals surface area contributed by atoms with Crippen LogP contribution in [0.1, 0.15) is 32.8 Å². The van der Waals surface area contributed by atoms with Gasteiger partial charge in [-0.3, -0.25) is 0 Å². The fraction of sp³-hybridized carbons (Fsp3) is 0.588. The molecule has 1 heterocycles. The summed E-state index contributed by atoms with van der Waals surface area (Å²) >= 11 is 0. The average Bonchev–Trinajstić information content (AvgIpc) is 2.91. The predicted octanol–water partition coefficient (Wildman–Crippen LogP) is 4.37. The van der Waals surface area contributed by atoms with Crippen molar-refractivity contribution in [1.29, 1.82) is 0 Å². The molecule has 0 saturated carbocycles. The number of rotatable bonds is 3. The fourth-order valence-corrected chi connectivity index (χ4v) is 2.63. The van der Waals surface area contributed by atoms with E-state index in [4.69, 9.17) is 4.74 Å². The molecule has 24 heavy (non-hydrogen) atoms. The van der Waals surface area contributed by atoms with E-state index in [1.165, 1.54) is 12.1 Å². The number of nitrogens with zero attached hydrogens (tertiary/aromatic N) is 1. The molecule has 0 aromatic heterocycles. The lowest BCUT2D eigenvalue weighted by Crippen LogP contribution is -2.35. The first-order valence-corrected chi connectivity index (χ1v) is 7.94. The van der Waals surface area contributed by atoms with Crippen molar-refractivity contribution < 1.29 is 22.7 Å². The minimum Gasteiger partial charge on any atom is -0.444 e. The molecule has 134 valence electrons. The molecule has 0 spiro atoms. The van der Waals surface area contributed by atoms with Gasteiger partial charge in [-0.05, 0) is 45.2 Å². The van der Waals surface area contributed by atoms with Gasteiger partial charge in [0.15, 0.2) is 0 Å². The first-order valence-electron chi connectivity index (χ1n) is 7.94. The zero-order valence-electron chi connectivity index (χ0n) is 14.1. The van der Waals surface area contributed by atoms with Crippen LogP contribution in [-0.2, 0) is 10.9 Å². The number of carbonyl (C=O) groups is 1. The molecule has 1 fully saturated rings. The van der Waals surface area contributed by atoms with E-state index in [0.29, 0.717) is 19.6 Å². The second kappa shape index (κ2) is 6.91. The topological polar surface area (TPSA) is 41.6 Å². The molecular formula is C17H23F3N2O2. The molecule has 1 unspecified atom stereocenters. The van der Waals surface area contributed by atoms with Crippen LogP contribution in [0, 0.1) is 5.92 Å². The molecule has 1 aromatic rings. The Morgan fingerprint density at radius 1 is 1.29 bits per heavy atom. The second-order valence-corrected chi connectivity index (χ2v) is 7.01. The summed E-state index contributed by atoms with van der Waals surface area (Å²) in [6.07, 6.45) is -4.02. The van der Waals surface area contributed by atoms with Crippen LogP contribution in [0.4, 0.5) is 23.7 Å². The maximum Gasteiger partial charge on any atom is 0.418 e.